The second kappa shape index (κ2) is 5.38. The molecule has 0 radical (unpaired) electrons. The van der Waals surface area contributed by atoms with Gasteiger partial charge in [0, 0.05) is 18.2 Å². The highest BCUT2D eigenvalue weighted by Gasteiger charge is 2.34. The van der Waals surface area contributed by atoms with Crippen LogP contribution in [-0.4, -0.2) is 27.2 Å². The molecule has 19 heavy (non-hydrogen) atoms. The van der Waals surface area contributed by atoms with E-state index in [1.54, 1.807) is 6.07 Å². The van der Waals surface area contributed by atoms with Crippen molar-refractivity contribution in [1.82, 2.24) is 4.72 Å². The van der Waals surface area contributed by atoms with E-state index in [1.807, 2.05) is 6.92 Å². The van der Waals surface area contributed by atoms with E-state index in [9.17, 15) is 8.42 Å². The van der Waals surface area contributed by atoms with Gasteiger partial charge in [0.1, 0.15) is 0 Å². The van der Waals surface area contributed by atoms with Gasteiger partial charge in [0.15, 0.2) is 0 Å². The zero-order chi connectivity index (χ0) is 14.1. The van der Waals surface area contributed by atoms with E-state index in [0.29, 0.717) is 24.7 Å². The Morgan fingerprint density at radius 3 is 2.79 bits per heavy atom. The number of nitrogens with two attached hydrogens (primary N) is 1. The number of sulfonamides is 1. The molecule has 0 aromatic heterocycles. The minimum atomic E-state index is -3.60. The Hall–Kier alpha value is -0.660. The summed E-state index contributed by atoms with van der Waals surface area (Å²) in [6, 6.07) is 4.56. The van der Waals surface area contributed by atoms with Gasteiger partial charge in [-0.2, -0.15) is 0 Å². The first kappa shape index (κ1) is 14.7. The third kappa shape index (κ3) is 3.27. The number of halogens is 1. The number of nitrogens with one attached hydrogen (secondary N) is 1. The lowest BCUT2D eigenvalue weighted by molar-refractivity contribution is 0.178. The smallest absolute Gasteiger partial charge is 0.241 e. The fraction of sp³-hybridized carbons (Fsp3) is 0.500. The van der Waals surface area contributed by atoms with Crippen LogP contribution < -0.4 is 10.5 Å². The lowest BCUT2D eigenvalue weighted by atomic mass is 10.0. The molecule has 0 amide bonds. The van der Waals surface area contributed by atoms with Crippen LogP contribution in [0.15, 0.2) is 23.1 Å². The molecule has 7 heteroatoms. The Bertz CT molecular complexity index is 568. The molecule has 0 spiro atoms. The average molecular weight is 305 g/mol. The molecule has 0 bridgehead atoms. The van der Waals surface area contributed by atoms with Crippen molar-refractivity contribution in [2.24, 2.45) is 5.73 Å². The van der Waals surface area contributed by atoms with Gasteiger partial charge in [0.05, 0.1) is 17.0 Å². The number of ether oxygens (including phenoxy) is 1. The van der Waals surface area contributed by atoms with Crippen LogP contribution >= 0.6 is 11.6 Å². The van der Waals surface area contributed by atoms with E-state index in [1.165, 1.54) is 12.1 Å². The van der Waals surface area contributed by atoms with Crippen molar-refractivity contribution in [3.8, 4) is 0 Å². The third-order valence-electron chi connectivity index (χ3n) is 3.15. The molecule has 3 N–H and O–H groups in total. The maximum Gasteiger partial charge on any atom is 0.241 e. The normalized spacial score (nSPS) is 23.7. The lowest BCUT2D eigenvalue weighted by Gasteiger charge is -2.23. The first-order valence-electron chi connectivity index (χ1n) is 5.96. The molecule has 1 saturated heterocycles. The van der Waals surface area contributed by atoms with Gasteiger partial charge in [-0.05, 0) is 31.0 Å². The Morgan fingerprint density at radius 2 is 2.26 bits per heavy atom. The molecule has 1 aliphatic heterocycles. The van der Waals surface area contributed by atoms with Gasteiger partial charge in [-0.3, -0.25) is 0 Å². The Labute approximate surface area is 118 Å². The molecule has 5 nitrogen and oxygen atoms in total. The second-order valence-corrected chi connectivity index (χ2v) is 7.02. The lowest BCUT2D eigenvalue weighted by Crippen LogP contribution is -2.46. The molecular weight excluding hydrogens is 288 g/mol. The fourth-order valence-corrected chi connectivity index (χ4v) is 3.76. The molecule has 1 atom stereocenters. The summed E-state index contributed by atoms with van der Waals surface area (Å²) in [7, 11) is -3.60. The van der Waals surface area contributed by atoms with Crippen molar-refractivity contribution in [2.45, 2.75) is 30.3 Å². The van der Waals surface area contributed by atoms with E-state index in [4.69, 9.17) is 22.1 Å². The topological polar surface area (TPSA) is 81.4 Å². The highest BCUT2D eigenvalue weighted by Crippen LogP contribution is 2.24. The first-order chi connectivity index (χ1) is 8.86. The summed E-state index contributed by atoms with van der Waals surface area (Å²) in [5.41, 5.74) is 5.66. The minimum Gasteiger partial charge on any atom is -0.379 e. The fourth-order valence-electron chi connectivity index (χ4n) is 1.99. The highest BCUT2D eigenvalue weighted by molar-refractivity contribution is 7.89. The van der Waals surface area contributed by atoms with Crippen molar-refractivity contribution in [2.75, 3.05) is 13.2 Å². The van der Waals surface area contributed by atoms with Gasteiger partial charge in [0.2, 0.25) is 10.0 Å². The molecule has 1 aromatic carbocycles. The van der Waals surface area contributed by atoms with Crippen LogP contribution in [0.5, 0.6) is 0 Å². The van der Waals surface area contributed by atoms with Gasteiger partial charge in [0.25, 0.3) is 0 Å². The van der Waals surface area contributed by atoms with Crippen molar-refractivity contribution >= 4 is 21.6 Å². The summed E-state index contributed by atoms with van der Waals surface area (Å²) < 4.78 is 32.5. The summed E-state index contributed by atoms with van der Waals surface area (Å²) in [6.45, 7) is 3.04. The van der Waals surface area contributed by atoms with Crippen molar-refractivity contribution in [1.29, 1.82) is 0 Å². The summed E-state index contributed by atoms with van der Waals surface area (Å²) in [4.78, 5) is 0.142. The number of hydrogen-bond donors (Lipinski definition) is 2. The van der Waals surface area contributed by atoms with Crippen LogP contribution in [0.4, 0.5) is 0 Å². The van der Waals surface area contributed by atoms with E-state index >= 15 is 0 Å². The maximum atomic E-state index is 12.3. The Morgan fingerprint density at radius 1 is 1.53 bits per heavy atom. The molecule has 1 unspecified atom stereocenters. The standard InChI is InChI=1S/C12H17ClN2O3S/c1-12(4-5-18-8-12)15-19(16,17)10-3-2-9(7-14)11(13)6-10/h2-3,6,15H,4-5,7-8,14H2,1H3. The largest absolute Gasteiger partial charge is 0.379 e. The van der Waals surface area contributed by atoms with E-state index in [0.717, 1.165) is 5.56 Å². The van der Waals surface area contributed by atoms with E-state index < -0.39 is 15.6 Å². The van der Waals surface area contributed by atoms with E-state index in [2.05, 4.69) is 4.72 Å². The van der Waals surface area contributed by atoms with E-state index in [-0.39, 0.29) is 11.4 Å². The summed E-state index contributed by atoms with van der Waals surface area (Å²) >= 11 is 5.99. The van der Waals surface area contributed by atoms with Crippen LogP contribution in [0.3, 0.4) is 0 Å². The molecule has 1 heterocycles. The number of hydrogen-bond acceptors (Lipinski definition) is 4. The molecule has 1 aromatic rings. The molecule has 106 valence electrons. The summed E-state index contributed by atoms with van der Waals surface area (Å²) in [5.74, 6) is 0. The number of benzene rings is 1. The van der Waals surface area contributed by atoms with Gasteiger partial charge in [-0.25, -0.2) is 13.1 Å². The Kier molecular flexibility index (Phi) is 4.17. The Balaban J connectivity index is 2.27. The highest BCUT2D eigenvalue weighted by atomic mass is 35.5. The predicted molar refractivity (Wildman–Crippen MR) is 73.5 cm³/mol. The van der Waals surface area contributed by atoms with Crippen LogP contribution in [-0.2, 0) is 21.3 Å². The molecular formula is C12H17ClN2O3S. The second-order valence-electron chi connectivity index (χ2n) is 4.93. The first-order valence-corrected chi connectivity index (χ1v) is 7.83. The van der Waals surface area contributed by atoms with Gasteiger partial charge >= 0.3 is 0 Å². The summed E-state index contributed by atoms with van der Waals surface area (Å²) in [6.07, 6.45) is 0.654. The number of rotatable bonds is 4. The zero-order valence-corrected chi connectivity index (χ0v) is 12.2. The quantitative estimate of drug-likeness (QED) is 0.877. The van der Waals surface area contributed by atoms with Crippen LogP contribution in [0.25, 0.3) is 0 Å². The monoisotopic (exact) mass is 304 g/mol. The zero-order valence-electron chi connectivity index (χ0n) is 10.6. The maximum absolute atomic E-state index is 12.3. The average Bonchev–Trinajstić information content (AvgIpc) is 2.74. The van der Waals surface area contributed by atoms with Crippen LogP contribution in [0.2, 0.25) is 5.02 Å². The third-order valence-corrected chi connectivity index (χ3v) is 5.14. The van der Waals surface area contributed by atoms with Crippen molar-refractivity contribution < 1.29 is 13.2 Å². The van der Waals surface area contributed by atoms with Crippen LogP contribution in [0, 0.1) is 0 Å². The molecule has 1 fully saturated rings. The van der Waals surface area contributed by atoms with Gasteiger partial charge < -0.3 is 10.5 Å². The molecule has 2 rings (SSSR count). The molecule has 0 aliphatic carbocycles. The van der Waals surface area contributed by atoms with Gasteiger partial charge in [-0.1, -0.05) is 17.7 Å². The predicted octanol–water partition coefficient (Wildman–Crippen LogP) is 1.26. The van der Waals surface area contributed by atoms with Crippen molar-refractivity contribution in [3.63, 3.8) is 0 Å². The molecule has 1 aliphatic rings. The minimum absolute atomic E-state index is 0.142. The van der Waals surface area contributed by atoms with Gasteiger partial charge in [-0.15, -0.1) is 0 Å². The van der Waals surface area contributed by atoms with Crippen molar-refractivity contribution in [3.05, 3.63) is 28.8 Å². The molecule has 0 saturated carbocycles. The SMILES string of the molecule is CC1(NS(=O)(=O)c2ccc(CN)c(Cl)c2)CCOC1. The summed E-state index contributed by atoms with van der Waals surface area (Å²) in [5, 5.41) is 0.359. The van der Waals surface area contributed by atoms with Crippen LogP contribution in [0.1, 0.15) is 18.9 Å².